The summed E-state index contributed by atoms with van der Waals surface area (Å²) in [5.74, 6) is 2.55. The SMILES string of the molecule is CN=C(NCCn1ccnc1)NCc1cc(OC)c(OC)c(OC)c1. The van der Waals surface area contributed by atoms with Crippen molar-refractivity contribution in [2.24, 2.45) is 4.99 Å². The van der Waals surface area contributed by atoms with Crippen LogP contribution in [0.2, 0.25) is 0 Å². The van der Waals surface area contributed by atoms with Crippen molar-refractivity contribution in [3.05, 3.63) is 36.4 Å². The molecule has 2 rings (SSSR count). The third-order valence-corrected chi connectivity index (χ3v) is 3.63. The van der Waals surface area contributed by atoms with Gasteiger partial charge in [0.25, 0.3) is 0 Å². The molecule has 0 spiro atoms. The second kappa shape index (κ2) is 9.41. The zero-order chi connectivity index (χ0) is 18.1. The van der Waals surface area contributed by atoms with Crippen LogP contribution in [0.4, 0.5) is 0 Å². The number of rotatable bonds is 8. The molecule has 0 aliphatic rings. The number of benzene rings is 1. The molecule has 0 unspecified atom stereocenters. The number of nitrogens with zero attached hydrogens (tertiary/aromatic N) is 3. The first kappa shape index (κ1) is 18.4. The highest BCUT2D eigenvalue weighted by Crippen LogP contribution is 2.38. The lowest BCUT2D eigenvalue weighted by Gasteiger charge is -2.16. The Bertz CT molecular complexity index is 661. The minimum absolute atomic E-state index is 0.571. The molecule has 1 aromatic carbocycles. The van der Waals surface area contributed by atoms with Crippen molar-refractivity contribution in [2.45, 2.75) is 13.1 Å². The van der Waals surface area contributed by atoms with E-state index in [1.54, 1.807) is 40.9 Å². The first-order valence-corrected chi connectivity index (χ1v) is 7.91. The number of guanidine groups is 1. The van der Waals surface area contributed by atoms with E-state index in [1.807, 2.05) is 22.9 Å². The van der Waals surface area contributed by atoms with Gasteiger partial charge in [-0.3, -0.25) is 4.99 Å². The molecule has 0 radical (unpaired) electrons. The number of aromatic nitrogens is 2. The summed E-state index contributed by atoms with van der Waals surface area (Å²) < 4.78 is 18.1. The molecular formula is C17H25N5O3. The van der Waals surface area contributed by atoms with Gasteiger partial charge in [0.05, 0.1) is 27.7 Å². The topological polar surface area (TPSA) is 81.9 Å². The van der Waals surface area contributed by atoms with Gasteiger partial charge in [0.1, 0.15) is 0 Å². The highest BCUT2D eigenvalue weighted by molar-refractivity contribution is 5.79. The number of hydrogen-bond acceptors (Lipinski definition) is 5. The molecule has 0 atom stereocenters. The van der Waals surface area contributed by atoms with E-state index in [0.29, 0.717) is 29.8 Å². The van der Waals surface area contributed by atoms with Gasteiger partial charge in [0.15, 0.2) is 17.5 Å². The van der Waals surface area contributed by atoms with Crippen LogP contribution in [0.5, 0.6) is 17.2 Å². The Kier molecular flexibility index (Phi) is 6.94. The van der Waals surface area contributed by atoms with Crippen LogP contribution < -0.4 is 24.8 Å². The number of aliphatic imine (C=N–C) groups is 1. The van der Waals surface area contributed by atoms with Crippen LogP contribution in [-0.2, 0) is 13.1 Å². The molecule has 0 saturated carbocycles. The van der Waals surface area contributed by atoms with Gasteiger partial charge in [0.2, 0.25) is 5.75 Å². The van der Waals surface area contributed by atoms with Crippen LogP contribution in [0, 0.1) is 0 Å². The van der Waals surface area contributed by atoms with E-state index in [1.165, 1.54) is 0 Å². The van der Waals surface area contributed by atoms with Crippen molar-refractivity contribution >= 4 is 5.96 Å². The summed E-state index contributed by atoms with van der Waals surface area (Å²) in [6, 6.07) is 3.82. The van der Waals surface area contributed by atoms with Gasteiger partial charge in [-0.2, -0.15) is 0 Å². The van der Waals surface area contributed by atoms with Crippen LogP contribution in [0.1, 0.15) is 5.56 Å². The van der Waals surface area contributed by atoms with Crippen LogP contribution >= 0.6 is 0 Å². The van der Waals surface area contributed by atoms with Gasteiger partial charge in [-0.25, -0.2) is 4.98 Å². The van der Waals surface area contributed by atoms with Crippen molar-refractivity contribution in [1.29, 1.82) is 0 Å². The molecule has 8 nitrogen and oxygen atoms in total. The van der Waals surface area contributed by atoms with Gasteiger partial charge in [-0.15, -0.1) is 0 Å². The Morgan fingerprint density at radius 1 is 1.12 bits per heavy atom. The van der Waals surface area contributed by atoms with Crippen molar-refractivity contribution in [2.75, 3.05) is 34.9 Å². The predicted molar refractivity (Wildman–Crippen MR) is 96.5 cm³/mol. The molecule has 0 fully saturated rings. The minimum Gasteiger partial charge on any atom is -0.493 e. The molecule has 0 aliphatic heterocycles. The van der Waals surface area contributed by atoms with Crippen LogP contribution in [-0.4, -0.2) is 50.4 Å². The normalized spacial score (nSPS) is 11.1. The highest BCUT2D eigenvalue weighted by atomic mass is 16.5. The molecule has 25 heavy (non-hydrogen) atoms. The Morgan fingerprint density at radius 2 is 1.84 bits per heavy atom. The lowest BCUT2D eigenvalue weighted by atomic mass is 10.2. The lowest BCUT2D eigenvalue weighted by Crippen LogP contribution is -2.38. The maximum Gasteiger partial charge on any atom is 0.203 e. The average Bonchev–Trinajstić information content (AvgIpc) is 3.16. The monoisotopic (exact) mass is 347 g/mol. The Hall–Kier alpha value is -2.90. The van der Waals surface area contributed by atoms with Gasteiger partial charge < -0.3 is 29.4 Å². The van der Waals surface area contributed by atoms with E-state index in [-0.39, 0.29) is 0 Å². The number of nitrogens with one attached hydrogen (secondary N) is 2. The Balaban J connectivity index is 1.94. The van der Waals surface area contributed by atoms with Gasteiger partial charge >= 0.3 is 0 Å². The van der Waals surface area contributed by atoms with Crippen LogP contribution in [0.15, 0.2) is 35.8 Å². The summed E-state index contributed by atoms with van der Waals surface area (Å²) in [5, 5.41) is 6.53. The zero-order valence-corrected chi connectivity index (χ0v) is 15.1. The third-order valence-electron chi connectivity index (χ3n) is 3.63. The Labute approximate surface area is 147 Å². The van der Waals surface area contributed by atoms with Crippen LogP contribution in [0.3, 0.4) is 0 Å². The van der Waals surface area contributed by atoms with Crippen molar-refractivity contribution in [1.82, 2.24) is 20.2 Å². The molecule has 2 N–H and O–H groups in total. The van der Waals surface area contributed by atoms with Crippen LogP contribution in [0.25, 0.3) is 0 Å². The number of methoxy groups -OCH3 is 3. The highest BCUT2D eigenvalue weighted by Gasteiger charge is 2.13. The number of hydrogen-bond donors (Lipinski definition) is 2. The van der Waals surface area contributed by atoms with E-state index >= 15 is 0 Å². The summed E-state index contributed by atoms with van der Waals surface area (Å²) in [7, 11) is 6.53. The molecule has 0 bridgehead atoms. The fourth-order valence-corrected chi connectivity index (χ4v) is 2.37. The van der Waals surface area contributed by atoms with Crippen molar-refractivity contribution < 1.29 is 14.2 Å². The minimum atomic E-state index is 0.571. The maximum atomic E-state index is 5.37. The maximum absolute atomic E-state index is 5.37. The van der Waals surface area contributed by atoms with E-state index < -0.39 is 0 Å². The Morgan fingerprint density at radius 3 is 2.36 bits per heavy atom. The van der Waals surface area contributed by atoms with E-state index in [9.17, 15) is 0 Å². The molecule has 8 heteroatoms. The second-order valence-electron chi connectivity index (χ2n) is 5.19. The fourth-order valence-electron chi connectivity index (χ4n) is 2.37. The summed E-state index contributed by atoms with van der Waals surface area (Å²) >= 11 is 0. The van der Waals surface area contributed by atoms with Crippen molar-refractivity contribution in [3.8, 4) is 17.2 Å². The van der Waals surface area contributed by atoms with Gasteiger partial charge in [-0.05, 0) is 17.7 Å². The van der Waals surface area contributed by atoms with Gasteiger partial charge in [0, 0.05) is 39.1 Å². The summed E-state index contributed by atoms with van der Waals surface area (Å²) in [5.41, 5.74) is 0.993. The zero-order valence-electron chi connectivity index (χ0n) is 15.1. The van der Waals surface area contributed by atoms with Gasteiger partial charge in [-0.1, -0.05) is 0 Å². The molecule has 0 amide bonds. The first-order chi connectivity index (χ1) is 12.2. The van der Waals surface area contributed by atoms with E-state index in [0.717, 1.165) is 18.7 Å². The quantitative estimate of drug-likeness (QED) is 0.553. The molecule has 0 saturated heterocycles. The summed E-state index contributed by atoms with van der Waals surface area (Å²) in [6.07, 6.45) is 5.47. The van der Waals surface area contributed by atoms with E-state index in [4.69, 9.17) is 14.2 Å². The first-order valence-electron chi connectivity index (χ1n) is 7.91. The summed E-state index contributed by atoms with van der Waals surface area (Å²) in [6.45, 7) is 2.12. The predicted octanol–water partition coefficient (Wildman–Crippen LogP) is 1.27. The van der Waals surface area contributed by atoms with E-state index in [2.05, 4.69) is 20.6 Å². The standard InChI is InChI=1S/C17H25N5O3/c1-18-17(20-6-8-22-7-5-19-12-22)21-11-13-9-14(23-2)16(25-4)15(10-13)24-3/h5,7,9-10,12H,6,8,11H2,1-4H3,(H2,18,20,21). The molecular weight excluding hydrogens is 322 g/mol. The molecule has 1 aromatic heterocycles. The largest absolute Gasteiger partial charge is 0.493 e. The molecule has 1 heterocycles. The molecule has 0 aliphatic carbocycles. The van der Waals surface area contributed by atoms with Crippen molar-refractivity contribution in [3.63, 3.8) is 0 Å². The number of ether oxygens (including phenoxy) is 3. The third kappa shape index (κ3) is 5.03. The number of imidazole rings is 1. The average molecular weight is 347 g/mol. The summed E-state index contributed by atoms with van der Waals surface area (Å²) in [4.78, 5) is 8.24. The molecule has 136 valence electrons. The smallest absolute Gasteiger partial charge is 0.203 e. The lowest BCUT2D eigenvalue weighted by molar-refractivity contribution is 0.323. The fraction of sp³-hybridized carbons (Fsp3) is 0.412. The molecule has 2 aromatic rings. The second-order valence-corrected chi connectivity index (χ2v) is 5.19.